The molecule has 0 atom stereocenters. The van der Waals surface area contributed by atoms with Crippen LogP contribution in [-0.2, 0) is 0 Å². The van der Waals surface area contributed by atoms with Gasteiger partial charge in [0, 0.05) is 23.5 Å². The van der Waals surface area contributed by atoms with E-state index in [2.05, 4.69) is 15.3 Å². The third-order valence-corrected chi connectivity index (χ3v) is 2.93. The molecule has 1 aromatic carbocycles. The highest BCUT2D eigenvalue weighted by Crippen LogP contribution is 2.23. The van der Waals surface area contributed by atoms with Gasteiger partial charge in [0.1, 0.15) is 11.9 Å². The molecule has 6 heteroatoms. The summed E-state index contributed by atoms with van der Waals surface area (Å²) in [6.07, 6.45) is 4.50. The van der Waals surface area contributed by atoms with Crippen LogP contribution in [0.5, 0.6) is 0 Å². The number of rotatable bonds is 3. The van der Waals surface area contributed by atoms with Crippen LogP contribution in [0.3, 0.4) is 0 Å². The lowest BCUT2D eigenvalue weighted by atomic mass is 10.1. The van der Waals surface area contributed by atoms with E-state index in [-0.39, 0.29) is 0 Å². The number of nitrogens with zero attached hydrogens (tertiary/aromatic N) is 3. The number of benzene rings is 1. The summed E-state index contributed by atoms with van der Waals surface area (Å²) >= 11 is 0. The first kappa shape index (κ1) is 12.7. The molecule has 0 unspecified atom stereocenters. The molecule has 0 fully saturated rings. The van der Waals surface area contributed by atoms with E-state index < -0.39 is 0 Å². The van der Waals surface area contributed by atoms with Crippen molar-refractivity contribution in [2.45, 2.75) is 0 Å². The Balaban J connectivity index is 1.79. The summed E-state index contributed by atoms with van der Waals surface area (Å²) in [5, 5.41) is 11.9. The number of nitrogens with one attached hydrogen (secondary N) is 1. The fraction of sp³-hybridized carbons (Fsp3) is 0. The first-order valence-corrected chi connectivity index (χ1v) is 6.18. The molecule has 0 spiro atoms. The second-order valence-corrected chi connectivity index (χ2v) is 4.34. The van der Waals surface area contributed by atoms with Gasteiger partial charge >= 0.3 is 0 Å². The van der Waals surface area contributed by atoms with E-state index in [1.165, 1.54) is 12.6 Å². The molecule has 0 radical (unpaired) electrons. The quantitative estimate of drug-likeness (QED) is 0.763. The standard InChI is InChI=1S/C15H11N5O/c16-6-11-7-19-15(5-13(11)17)20-12-3-1-10(2-4-12)14-8-18-9-21-14/h1-5,7-9H,(H3,17,19,20). The number of nitrogen functional groups attached to an aromatic ring is 1. The molecular weight excluding hydrogens is 266 g/mol. The Labute approximate surface area is 120 Å². The maximum absolute atomic E-state index is 8.82. The summed E-state index contributed by atoms with van der Waals surface area (Å²) in [5.41, 5.74) is 8.30. The van der Waals surface area contributed by atoms with E-state index in [9.17, 15) is 0 Å². The number of aromatic nitrogens is 2. The van der Waals surface area contributed by atoms with Gasteiger partial charge in [0.15, 0.2) is 12.2 Å². The summed E-state index contributed by atoms with van der Waals surface area (Å²) in [6, 6.07) is 11.2. The van der Waals surface area contributed by atoms with E-state index >= 15 is 0 Å². The lowest BCUT2D eigenvalue weighted by Crippen LogP contribution is -1.97. The van der Waals surface area contributed by atoms with Crippen molar-refractivity contribution in [2.24, 2.45) is 0 Å². The molecule has 3 aromatic rings. The van der Waals surface area contributed by atoms with Gasteiger partial charge < -0.3 is 15.5 Å². The number of anilines is 3. The fourth-order valence-corrected chi connectivity index (χ4v) is 1.86. The van der Waals surface area contributed by atoms with Crippen molar-refractivity contribution in [2.75, 3.05) is 11.1 Å². The zero-order valence-corrected chi connectivity index (χ0v) is 10.9. The molecule has 2 aromatic heterocycles. The minimum Gasteiger partial charge on any atom is -0.444 e. The van der Waals surface area contributed by atoms with Crippen LogP contribution in [0.15, 0.2) is 53.5 Å². The van der Waals surface area contributed by atoms with Gasteiger partial charge in [-0.15, -0.1) is 0 Å². The Morgan fingerprint density at radius 1 is 1.19 bits per heavy atom. The molecule has 102 valence electrons. The van der Waals surface area contributed by atoms with Crippen LogP contribution < -0.4 is 11.1 Å². The smallest absolute Gasteiger partial charge is 0.181 e. The zero-order chi connectivity index (χ0) is 14.7. The first-order valence-electron chi connectivity index (χ1n) is 6.18. The SMILES string of the molecule is N#Cc1cnc(Nc2ccc(-c3cnco3)cc2)cc1N. The van der Waals surface area contributed by atoms with Crippen LogP contribution >= 0.6 is 0 Å². The molecule has 0 saturated carbocycles. The fourth-order valence-electron chi connectivity index (χ4n) is 1.86. The average molecular weight is 277 g/mol. The number of oxazole rings is 1. The van der Waals surface area contributed by atoms with Gasteiger partial charge in [-0.05, 0) is 24.3 Å². The van der Waals surface area contributed by atoms with E-state index in [1.54, 1.807) is 12.3 Å². The van der Waals surface area contributed by atoms with Crippen LogP contribution in [0, 0.1) is 11.3 Å². The van der Waals surface area contributed by atoms with E-state index in [0.717, 1.165) is 11.3 Å². The molecule has 0 aliphatic rings. The molecule has 0 aliphatic heterocycles. The molecule has 0 saturated heterocycles. The van der Waals surface area contributed by atoms with Crippen molar-refractivity contribution in [3.05, 3.63) is 54.7 Å². The molecule has 21 heavy (non-hydrogen) atoms. The second kappa shape index (κ2) is 5.35. The molecular formula is C15H11N5O. The van der Waals surface area contributed by atoms with Gasteiger partial charge in [-0.3, -0.25) is 0 Å². The number of pyridine rings is 1. The van der Waals surface area contributed by atoms with Crippen LogP contribution in [0.4, 0.5) is 17.2 Å². The summed E-state index contributed by atoms with van der Waals surface area (Å²) in [4.78, 5) is 8.02. The normalized spacial score (nSPS) is 10.0. The molecule has 0 amide bonds. The predicted octanol–water partition coefficient (Wildman–Crippen LogP) is 2.93. The van der Waals surface area contributed by atoms with Crippen molar-refractivity contribution in [3.8, 4) is 17.4 Å². The monoisotopic (exact) mass is 277 g/mol. The number of nitriles is 1. The minimum atomic E-state index is 0.362. The molecule has 0 aliphatic carbocycles. The zero-order valence-electron chi connectivity index (χ0n) is 10.9. The van der Waals surface area contributed by atoms with Crippen LogP contribution in [-0.4, -0.2) is 9.97 Å². The molecule has 3 N–H and O–H groups in total. The topological polar surface area (TPSA) is 101 Å². The van der Waals surface area contributed by atoms with Crippen LogP contribution in [0.1, 0.15) is 5.56 Å². The molecule has 3 rings (SSSR count). The first-order chi connectivity index (χ1) is 10.3. The lowest BCUT2D eigenvalue weighted by Gasteiger charge is -2.07. The highest BCUT2D eigenvalue weighted by Gasteiger charge is 2.04. The van der Waals surface area contributed by atoms with E-state index in [1.807, 2.05) is 30.3 Å². The van der Waals surface area contributed by atoms with E-state index in [4.69, 9.17) is 15.4 Å². The van der Waals surface area contributed by atoms with Gasteiger partial charge in [0.2, 0.25) is 0 Å². The Morgan fingerprint density at radius 3 is 2.62 bits per heavy atom. The number of nitrogens with two attached hydrogens (primary N) is 1. The Bertz CT molecular complexity index is 788. The van der Waals surface area contributed by atoms with Gasteiger partial charge in [0.25, 0.3) is 0 Å². The lowest BCUT2D eigenvalue weighted by molar-refractivity contribution is 0.572. The average Bonchev–Trinajstić information content (AvgIpc) is 3.02. The maximum Gasteiger partial charge on any atom is 0.181 e. The third-order valence-electron chi connectivity index (χ3n) is 2.93. The van der Waals surface area contributed by atoms with Gasteiger partial charge in [-0.1, -0.05) is 0 Å². The summed E-state index contributed by atoms with van der Waals surface area (Å²) < 4.78 is 5.23. The predicted molar refractivity (Wildman–Crippen MR) is 78.6 cm³/mol. The van der Waals surface area contributed by atoms with Crippen molar-refractivity contribution in [1.82, 2.24) is 9.97 Å². The maximum atomic E-state index is 8.82. The highest BCUT2D eigenvalue weighted by atomic mass is 16.3. The Morgan fingerprint density at radius 2 is 2.00 bits per heavy atom. The number of hydrogen-bond acceptors (Lipinski definition) is 6. The third kappa shape index (κ3) is 2.67. The second-order valence-electron chi connectivity index (χ2n) is 4.34. The Hall–Kier alpha value is -3.33. The number of hydrogen-bond donors (Lipinski definition) is 2. The van der Waals surface area contributed by atoms with Gasteiger partial charge in [0.05, 0.1) is 17.4 Å². The largest absolute Gasteiger partial charge is 0.444 e. The molecule has 6 nitrogen and oxygen atoms in total. The van der Waals surface area contributed by atoms with Gasteiger partial charge in [-0.25, -0.2) is 9.97 Å². The summed E-state index contributed by atoms with van der Waals surface area (Å²) in [5.74, 6) is 1.29. The van der Waals surface area contributed by atoms with Crippen molar-refractivity contribution >= 4 is 17.2 Å². The molecule has 2 heterocycles. The summed E-state index contributed by atoms with van der Waals surface area (Å²) in [6.45, 7) is 0. The van der Waals surface area contributed by atoms with E-state index in [0.29, 0.717) is 22.8 Å². The van der Waals surface area contributed by atoms with Crippen LogP contribution in [0.25, 0.3) is 11.3 Å². The summed E-state index contributed by atoms with van der Waals surface area (Å²) in [7, 11) is 0. The molecule has 0 bridgehead atoms. The van der Waals surface area contributed by atoms with Gasteiger partial charge in [-0.2, -0.15) is 5.26 Å². The van der Waals surface area contributed by atoms with Crippen molar-refractivity contribution < 1.29 is 4.42 Å². The van der Waals surface area contributed by atoms with Crippen molar-refractivity contribution in [1.29, 1.82) is 5.26 Å². The van der Waals surface area contributed by atoms with Crippen LogP contribution in [0.2, 0.25) is 0 Å². The van der Waals surface area contributed by atoms with Crippen molar-refractivity contribution in [3.63, 3.8) is 0 Å². The highest BCUT2D eigenvalue weighted by molar-refractivity contribution is 5.66. The minimum absolute atomic E-state index is 0.362. The Kier molecular flexibility index (Phi) is 3.23.